The zero-order valence-corrected chi connectivity index (χ0v) is 12.4. The summed E-state index contributed by atoms with van der Waals surface area (Å²) in [5.74, 6) is 0.704. The summed E-state index contributed by atoms with van der Waals surface area (Å²) < 4.78 is 0. The summed E-state index contributed by atoms with van der Waals surface area (Å²) in [6.45, 7) is 2.30. The number of hydrogen-bond donors (Lipinski definition) is 2. The van der Waals surface area contributed by atoms with Crippen molar-refractivity contribution in [2.45, 2.75) is 32.1 Å². The first-order chi connectivity index (χ1) is 10.3. The van der Waals surface area contributed by atoms with Crippen LogP contribution in [0.1, 0.15) is 32.1 Å². The minimum atomic E-state index is 0.284. The van der Waals surface area contributed by atoms with Crippen molar-refractivity contribution in [2.75, 3.05) is 25.0 Å². The highest BCUT2D eigenvalue weighted by molar-refractivity contribution is 5.92. The molecule has 0 bridgehead atoms. The second-order valence-electron chi connectivity index (χ2n) is 5.30. The highest BCUT2D eigenvalue weighted by atomic mass is 16.2. The number of amides is 1. The highest BCUT2D eigenvalue weighted by Crippen LogP contribution is 2.11. The van der Waals surface area contributed by atoms with E-state index in [1.165, 1.54) is 0 Å². The smallest absolute Gasteiger partial charge is 0.222 e. The lowest BCUT2D eigenvalue weighted by atomic mass is 10.2. The van der Waals surface area contributed by atoms with Crippen LogP contribution in [0.4, 0.5) is 5.69 Å². The van der Waals surface area contributed by atoms with Gasteiger partial charge in [-0.25, -0.2) is 0 Å². The van der Waals surface area contributed by atoms with Crippen molar-refractivity contribution in [3.63, 3.8) is 0 Å². The summed E-state index contributed by atoms with van der Waals surface area (Å²) in [6, 6.07) is 9.73. The summed E-state index contributed by atoms with van der Waals surface area (Å²) in [4.78, 5) is 18.1. The Bertz CT molecular complexity index is 472. The number of aliphatic imine (C=N–C) groups is 1. The van der Waals surface area contributed by atoms with Gasteiger partial charge < -0.3 is 16.0 Å². The molecule has 0 atom stereocenters. The summed E-state index contributed by atoms with van der Waals surface area (Å²) in [6.07, 6.45) is 4.85. The van der Waals surface area contributed by atoms with Gasteiger partial charge in [-0.05, 0) is 31.4 Å². The lowest BCUT2D eigenvalue weighted by Gasteiger charge is -2.19. The number of nitrogens with zero attached hydrogens (tertiary/aromatic N) is 2. The van der Waals surface area contributed by atoms with Gasteiger partial charge in [-0.1, -0.05) is 24.6 Å². The number of benzene rings is 1. The molecule has 1 amide bonds. The van der Waals surface area contributed by atoms with Crippen molar-refractivity contribution >= 4 is 17.6 Å². The largest absolute Gasteiger partial charge is 0.370 e. The molecule has 0 aliphatic carbocycles. The van der Waals surface area contributed by atoms with Gasteiger partial charge in [-0.15, -0.1) is 0 Å². The SMILES string of the molecule is NC(=NCCCN1CCCCCC1=O)Nc1ccccc1. The van der Waals surface area contributed by atoms with Gasteiger partial charge in [-0.2, -0.15) is 0 Å². The maximum Gasteiger partial charge on any atom is 0.222 e. The molecule has 1 aliphatic heterocycles. The van der Waals surface area contributed by atoms with Crippen LogP contribution < -0.4 is 11.1 Å². The number of likely N-dealkylation sites (tertiary alicyclic amines) is 1. The molecule has 5 heteroatoms. The Morgan fingerprint density at radius 2 is 2.05 bits per heavy atom. The summed E-state index contributed by atoms with van der Waals surface area (Å²) >= 11 is 0. The van der Waals surface area contributed by atoms with Gasteiger partial charge in [0.1, 0.15) is 0 Å². The first-order valence-electron chi connectivity index (χ1n) is 7.65. The van der Waals surface area contributed by atoms with Gasteiger partial charge in [0.15, 0.2) is 5.96 Å². The van der Waals surface area contributed by atoms with Crippen molar-refractivity contribution < 1.29 is 4.79 Å². The van der Waals surface area contributed by atoms with Gasteiger partial charge in [-0.3, -0.25) is 9.79 Å². The van der Waals surface area contributed by atoms with Crippen molar-refractivity contribution in [1.82, 2.24) is 4.90 Å². The molecule has 0 radical (unpaired) electrons. The second-order valence-corrected chi connectivity index (χ2v) is 5.30. The van der Waals surface area contributed by atoms with E-state index < -0.39 is 0 Å². The fourth-order valence-electron chi connectivity index (χ4n) is 2.44. The van der Waals surface area contributed by atoms with Crippen LogP contribution >= 0.6 is 0 Å². The molecule has 0 aromatic heterocycles. The maximum atomic E-state index is 11.8. The topological polar surface area (TPSA) is 70.7 Å². The fourth-order valence-corrected chi connectivity index (χ4v) is 2.44. The van der Waals surface area contributed by atoms with E-state index in [4.69, 9.17) is 5.73 Å². The van der Waals surface area contributed by atoms with E-state index in [1.54, 1.807) is 0 Å². The Morgan fingerprint density at radius 1 is 1.24 bits per heavy atom. The lowest BCUT2D eigenvalue weighted by Crippen LogP contribution is -2.31. The van der Waals surface area contributed by atoms with Crippen molar-refractivity contribution in [3.05, 3.63) is 30.3 Å². The minimum Gasteiger partial charge on any atom is -0.370 e. The number of nitrogens with two attached hydrogens (primary N) is 1. The molecule has 0 saturated carbocycles. The Kier molecular flexibility index (Phi) is 6.06. The number of para-hydroxylation sites is 1. The van der Waals surface area contributed by atoms with Crippen LogP contribution in [0.5, 0.6) is 0 Å². The molecule has 21 heavy (non-hydrogen) atoms. The molecule has 0 spiro atoms. The average molecular weight is 288 g/mol. The first-order valence-corrected chi connectivity index (χ1v) is 7.65. The number of carbonyl (C=O) groups excluding carboxylic acids is 1. The van der Waals surface area contributed by atoms with E-state index in [-0.39, 0.29) is 5.91 Å². The standard InChI is InChI=1S/C16H24N4O/c17-16(19-14-8-3-1-4-9-14)18-11-7-13-20-12-6-2-5-10-15(20)21/h1,3-4,8-9H,2,5-7,10-13H2,(H3,17,18,19). The Hall–Kier alpha value is -2.04. The van der Waals surface area contributed by atoms with E-state index >= 15 is 0 Å². The van der Waals surface area contributed by atoms with Gasteiger partial charge in [0.25, 0.3) is 0 Å². The molecule has 114 valence electrons. The van der Waals surface area contributed by atoms with Gasteiger partial charge >= 0.3 is 0 Å². The Morgan fingerprint density at radius 3 is 2.86 bits per heavy atom. The van der Waals surface area contributed by atoms with Crippen LogP contribution in [0.25, 0.3) is 0 Å². The van der Waals surface area contributed by atoms with Crippen molar-refractivity contribution in [2.24, 2.45) is 10.7 Å². The van der Waals surface area contributed by atoms with E-state index in [0.717, 1.165) is 44.5 Å². The van der Waals surface area contributed by atoms with Crippen molar-refractivity contribution in [3.8, 4) is 0 Å². The summed E-state index contributed by atoms with van der Waals surface area (Å²) in [5.41, 5.74) is 6.77. The lowest BCUT2D eigenvalue weighted by molar-refractivity contribution is -0.130. The van der Waals surface area contributed by atoms with Gasteiger partial charge in [0, 0.05) is 31.7 Å². The van der Waals surface area contributed by atoms with E-state index in [1.807, 2.05) is 35.2 Å². The van der Waals surface area contributed by atoms with Crippen LogP contribution in [0.3, 0.4) is 0 Å². The molecule has 1 aromatic carbocycles. The molecule has 1 aromatic rings. The van der Waals surface area contributed by atoms with E-state index in [0.29, 0.717) is 18.9 Å². The Balaban J connectivity index is 1.70. The molecular formula is C16H24N4O. The predicted molar refractivity (Wildman–Crippen MR) is 86.2 cm³/mol. The average Bonchev–Trinajstić information content (AvgIpc) is 2.69. The van der Waals surface area contributed by atoms with Crippen LogP contribution in [-0.4, -0.2) is 36.4 Å². The first kappa shape index (κ1) is 15.4. The summed E-state index contributed by atoms with van der Waals surface area (Å²) in [5, 5.41) is 3.05. The maximum absolute atomic E-state index is 11.8. The minimum absolute atomic E-state index is 0.284. The molecule has 1 heterocycles. The van der Waals surface area contributed by atoms with Gasteiger partial charge in [0.05, 0.1) is 0 Å². The molecule has 1 fully saturated rings. The molecule has 2 rings (SSSR count). The molecule has 0 unspecified atom stereocenters. The Labute approximate surface area is 126 Å². The second kappa shape index (κ2) is 8.29. The molecule has 1 aliphatic rings. The third kappa shape index (κ3) is 5.45. The zero-order valence-electron chi connectivity index (χ0n) is 12.4. The normalized spacial score (nSPS) is 16.7. The molecule has 3 N–H and O–H groups in total. The molecule has 5 nitrogen and oxygen atoms in total. The number of hydrogen-bond acceptors (Lipinski definition) is 2. The number of rotatable bonds is 5. The fraction of sp³-hybridized carbons (Fsp3) is 0.500. The highest BCUT2D eigenvalue weighted by Gasteiger charge is 2.15. The van der Waals surface area contributed by atoms with Crippen LogP contribution in [0.2, 0.25) is 0 Å². The third-order valence-corrected chi connectivity index (χ3v) is 3.59. The number of carbonyl (C=O) groups is 1. The van der Waals surface area contributed by atoms with E-state index in [9.17, 15) is 4.79 Å². The number of anilines is 1. The number of guanidine groups is 1. The van der Waals surface area contributed by atoms with Crippen molar-refractivity contribution in [1.29, 1.82) is 0 Å². The van der Waals surface area contributed by atoms with E-state index in [2.05, 4.69) is 10.3 Å². The van der Waals surface area contributed by atoms with Crippen LogP contribution in [0.15, 0.2) is 35.3 Å². The predicted octanol–water partition coefficient (Wildman–Crippen LogP) is 2.21. The zero-order chi connectivity index (χ0) is 14.9. The number of nitrogens with one attached hydrogen (secondary N) is 1. The molecule has 1 saturated heterocycles. The monoisotopic (exact) mass is 288 g/mol. The van der Waals surface area contributed by atoms with Gasteiger partial charge in [0.2, 0.25) is 5.91 Å². The molecular weight excluding hydrogens is 264 g/mol. The van der Waals surface area contributed by atoms with Crippen LogP contribution in [0, 0.1) is 0 Å². The van der Waals surface area contributed by atoms with Crippen LogP contribution in [-0.2, 0) is 4.79 Å². The third-order valence-electron chi connectivity index (χ3n) is 3.59. The quantitative estimate of drug-likeness (QED) is 0.496. The summed E-state index contributed by atoms with van der Waals surface area (Å²) in [7, 11) is 0.